The number of aliphatic hydroxyl groups excluding tert-OH is 1. The molecular weight excluding hydrogens is 590 g/mol. The lowest BCUT2D eigenvalue weighted by Crippen LogP contribution is -2.41. The number of carbonyl (C=O) groups is 3. The van der Waals surface area contributed by atoms with Crippen LogP contribution in [0, 0.1) is 17.3 Å². The summed E-state index contributed by atoms with van der Waals surface area (Å²) in [6, 6.07) is 7.87. The Kier molecular flexibility index (Phi) is 9.45. The molecule has 5 N–H and O–H groups in total. The van der Waals surface area contributed by atoms with Gasteiger partial charge in [-0.1, -0.05) is 32.9 Å². The maximum Gasteiger partial charge on any atom is 0.540 e. The van der Waals surface area contributed by atoms with Crippen LogP contribution in [-0.4, -0.2) is 47.1 Å². The maximum absolute atomic E-state index is 14.2. The summed E-state index contributed by atoms with van der Waals surface area (Å²) in [5, 5.41) is 25.9. The van der Waals surface area contributed by atoms with Crippen LogP contribution in [0.25, 0.3) is 0 Å². The smallest absolute Gasteiger partial charge is 0.479 e. The highest BCUT2D eigenvalue weighted by molar-refractivity contribution is 5.94. The van der Waals surface area contributed by atoms with Crippen LogP contribution >= 0.6 is 0 Å². The van der Waals surface area contributed by atoms with E-state index in [0.29, 0.717) is 11.5 Å². The molecular formula is C30H35F4N3O7. The Morgan fingerprint density at radius 1 is 1.00 bits per heavy atom. The molecule has 2 atom stereocenters. The first kappa shape index (κ1) is 33.0. The van der Waals surface area contributed by atoms with Crippen LogP contribution < -0.4 is 20.7 Å². The van der Waals surface area contributed by atoms with Crippen molar-refractivity contribution in [2.45, 2.75) is 71.0 Å². The SMILES string of the molecule is CC(C)(C)C1CCC(C(NC(=O)Nc2ccc3c(c2)C(F)(F)OC(F)(F)O3)c2ccc(C(=O)NC[C@@H](O)C(=O)O)cc2)CC1. The number of carboxylic acid groups (broad SMARTS) is 1. The van der Waals surface area contributed by atoms with Crippen molar-refractivity contribution in [1.82, 2.24) is 10.6 Å². The lowest BCUT2D eigenvalue weighted by molar-refractivity contribution is -0.461. The molecule has 1 aliphatic heterocycles. The molecule has 3 amide bonds. The number of anilines is 1. The van der Waals surface area contributed by atoms with Gasteiger partial charge in [-0.25, -0.2) is 14.3 Å². The van der Waals surface area contributed by atoms with E-state index in [-0.39, 0.29) is 22.6 Å². The fourth-order valence-electron chi connectivity index (χ4n) is 5.60. The minimum absolute atomic E-state index is 0.00152. The topological polar surface area (TPSA) is 146 Å². The zero-order valence-corrected chi connectivity index (χ0v) is 24.3. The van der Waals surface area contributed by atoms with E-state index in [9.17, 15) is 37.1 Å². The number of amides is 3. The molecule has 0 aromatic heterocycles. The van der Waals surface area contributed by atoms with Crippen molar-refractivity contribution in [2.75, 3.05) is 11.9 Å². The summed E-state index contributed by atoms with van der Waals surface area (Å²) >= 11 is 0. The first-order valence-corrected chi connectivity index (χ1v) is 14.1. The Morgan fingerprint density at radius 3 is 2.23 bits per heavy atom. The molecule has 2 aromatic carbocycles. The number of carboxylic acids is 1. The number of urea groups is 1. The highest BCUT2D eigenvalue weighted by atomic mass is 19.3. The Hall–Kier alpha value is -3.91. The normalized spacial score (nSPS) is 22.0. The minimum Gasteiger partial charge on any atom is -0.479 e. The number of carbonyl (C=O) groups excluding carboxylic acids is 2. The first-order valence-electron chi connectivity index (χ1n) is 14.1. The molecule has 0 radical (unpaired) electrons. The molecule has 0 saturated heterocycles. The zero-order chi connectivity index (χ0) is 32.4. The van der Waals surface area contributed by atoms with Crippen molar-refractivity contribution in [3.05, 3.63) is 59.2 Å². The van der Waals surface area contributed by atoms with Crippen LogP contribution in [0.4, 0.5) is 28.0 Å². The molecule has 0 spiro atoms. The molecule has 1 heterocycles. The molecule has 240 valence electrons. The van der Waals surface area contributed by atoms with Gasteiger partial charge < -0.3 is 30.9 Å². The molecule has 1 unspecified atom stereocenters. The number of benzene rings is 2. The van der Waals surface area contributed by atoms with Gasteiger partial charge in [-0.3, -0.25) is 4.79 Å². The van der Waals surface area contributed by atoms with E-state index in [2.05, 4.69) is 46.2 Å². The average molecular weight is 626 g/mol. The van der Waals surface area contributed by atoms with Gasteiger partial charge in [0.15, 0.2) is 6.10 Å². The summed E-state index contributed by atoms with van der Waals surface area (Å²) in [7, 11) is 0. The van der Waals surface area contributed by atoms with Crippen LogP contribution in [0.3, 0.4) is 0 Å². The molecule has 1 saturated carbocycles. The van der Waals surface area contributed by atoms with Crippen LogP contribution in [-0.2, 0) is 15.6 Å². The van der Waals surface area contributed by atoms with Gasteiger partial charge in [0, 0.05) is 11.3 Å². The Bertz CT molecular complexity index is 1370. The summed E-state index contributed by atoms with van der Waals surface area (Å²) in [6.45, 7) is 6.06. The van der Waals surface area contributed by atoms with Gasteiger partial charge in [-0.05, 0) is 78.8 Å². The second-order valence-electron chi connectivity index (χ2n) is 12.1. The first-order chi connectivity index (χ1) is 20.4. The fourth-order valence-corrected chi connectivity index (χ4v) is 5.60. The molecule has 1 aliphatic carbocycles. The molecule has 44 heavy (non-hydrogen) atoms. The largest absolute Gasteiger partial charge is 0.540 e. The van der Waals surface area contributed by atoms with E-state index >= 15 is 0 Å². The summed E-state index contributed by atoms with van der Waals surface area (Å²) < 4.78 is 62.9. The highest BCUT2D eigenvalue weighted by Gasteiger charge is 2.54. The minimum atomic E-state index is -4.52. The summed E-state index contributed by atoms with van der Waals surface area (Å²) in [4.78, 5) is 36.4. The van der Waals surface area contributed by atoms with Crippen molar-refractivity contribution < 1.29 is 51.6 Å². The monoisotopic (exact) mass is 625 g/mol. The number of rotatable bonds is 8. The molecule has 2 aliphatic rings. The van der Waals surface area contributed by atoms with Gasteiger partial charge in [0.05, 0.1) is 18.2 Å². The Balaban J connectivity index is 1.51. The second-order valence-corrected chi connectivity index (χ2v) is 12.1. The number of ether oxygens (including phenoxy) is 2. The van der Waals surface area contributed by atoms with Crippen LogP contribution in [0.2, 0.25) is 0 Å². The standard InChI is InChI=1S/C30H35F4N3O7/c1-28(2,3)19-10-8-17(9-11-19)24(16-4-6-18(7-5-16)25(39)35-15-22(38)26(40)41)37-27(42)36-20-12-13-23-21(14-20)29(31,32)44-30(33,34)43-23/h4-7,12-14,17,19,22,24,38H,8-11,15H2,1-3H3,(H,35,39)(H,40,41)(H2,36,37,42)/t17?,19?,22-,24?/m1/s1. The van der Waals surface area contributed by atoms with Gasteiger partial charge >= 0.3 is 24.4 Å². The molecule has 2 aromatic rings. The van der Waals surface area contributed by atoms with Crippen LogP contribution in [0.15, 0.2) is 42.5 Å². The molecule has 10 nitrogen and oxygen atoms in total. The molecule has 1 fully saturated rings. The lowest BCUT2D eigenvalue weighted by atomic mass is 9.68. The highest BCUT2D eigenvalue weighted by Crippen LogP contribution is 2.47. The summed E-state index contributed by atoms with van der Waals surface area (Å²) in [5.74, 6) is -2.37. The van der Waals surface area contributed by atoms with Gasteiger partial charge in [-0.2, -0.15) is 8.78 Å². The molecule has 0 bridgehead atoms. The zero-order valence-electron chi connectivity index (χ0n) is 24.3. The van der Waals surface area contributed by atoms with E-state index in [0.717, 1.165) is 43.9 Å². The predicted octanol–water partition coefficient (Wildman–Crippen LogP) is 5.59. The second kappa shape index (κ2) is 12.6. The lowest BCUT2D eigenvalue weighted by Gasteiger charge is -2.39. The number of aliphatic hydroxyl groups is 1. The summed E-state index contributed by atoms with van der Waals surface area (Å²) in [5.41, 5.74) is -0.0917. The third-order valence-electron chi connectivity index (χ3n) is 8.05. The van der Waals surface area contributed by atoms with E-state index in [1.54, 1.807) is 12.1 Å². The van der Waals surface area contributed by atoms with E-state index in [1.165, 1.54) is 12.1 Å². The van der Waals surface area contributed by atoms with Gasteiger partial charge in [0.1, 0.15) is 5.75 Å². The van der Waals surface area contributed by atoms with E-state index < -0.39 is 60.3 Å². The number of aliphatic carboxylic acids is 1. The maximum atomic E-state index is 14.2. The summed E-state index contributed by atoms with van der Waals surface area (Å²) in [6.07, 6.45) is -7.21. The molecule has 4 rings (SSSR count). The third-order valence-corrected chi connectivity index (χ3v) is 8.05. The number of alkyl halides is 4. The number of hydrogen-bond acceptors (Lipinski definition) is 6. The van der Waals surface area contributed by atoms with Crippen molar-refractivity contribution in [3.63, 3.8) is 0 Å². The van der Waals surface area contributed by atoms with Gasteiger partial charge in [-0.15, -0.1) is 8.78 Å². The number of halogens is 4. The van der Waals surface area contributed by atoms with Crippen molar-refractivity contribution in [2.24, 2.45) is 17.3 Å². The van der Waals surface area contributed by atoms with Gasteiger partial charge in [0.25, 0.3) is 5.91 Å². The van der Waals surface area contributed by atoms with Crippen LogP contribution in [0.1, 0.15) is 74.0 Å². The third kappa shape index (κ3) is 7.97. The average Bonchev–Trinajstić information content (AvgIpc) is 2.93. The fraction of sp³-hybridized carbons (Fsp3) is 0.500. The number of nitrogens with one attached hydrogen (secondary N) is 3. The quantitative estimate of drug-likeness (QED) is 0.241. The van der Waals surface area contributed by atoms with E-state index in [1.807, 2.05) is 0 Å². The van der Waals surface area contributed by atoms with Crippen molar-refractivity contribution in [3.8, 4) is 5.75 Å². The number of hydrogen-bond donors (Lipinski definition) is 5. The van der Waals surface area contributed by atoms with Crippen LogP contribution in [0.5, 0.6) is 5.75 Å². The van der Waals surface area contributed by atoms with Gasteiger partial charge in [0.2, 0.25) is 0 Å². The Labute approximate surface area is 251 Å². The predicted molar refractivity (Wildman–Crippen MR) is 149 cm³/mol. The van der Waals surface area contributed by atoms with Crippen molar-refractivity contribution >= 4 is 23.6 Å². The Morgan fingerprint density at radius 2 is 1.64 bits per heavy atom. The van der Waals surface area contributed by atoms with Crippen molar-refractivity contribution in [1.29, 1.82) is 0 Å². The number of fused-ring (bicyclic) bond motifs is 1. The van der Waals surface area contributed by atoms with E-state index in [4.69, 9.17) is 5.11 Å². The molecule has 14 heteroatoms.